The zero-order chi connectivity index (χ0) is 23.2. The summed E-state index contributed by atoms with van der Waals surface area (Å²) in [5, 5.41) is 3.95. The Morgan fingerprint density at radius 1 is 0.879 bits per heavy atom. The first kappa shape index (κ1) is 23.7. The molecule has 0 bridgehead atoms. The van der Waals surface area contributed by atoms with Crippen molar-refractivity contribution in [1.29, 1.82) is 0 Å². The number of unbranched alkanes of at least 4 members (excludes halogenated alkanes) is 1. The van der Waals surface area contributed by atoms with E-state index in [0.29, 0.717) is 16.4 Å². The van der Waals surface area contributed by atoms with Crippen molar-refractivity contribution in [3.05, 3.63) is 82.2 Å². The summed E-state index contributed by atoms with van der Waals surface area (Å²) >= 11 is 8.17. The second kappa shape index (κ2) is 11.1. The van der Waals surface area contributed by atoms with Crippen LogP contribution in [0.2, 0.25) is 5.02 Å². The topological polar surface area (TPSA) is 23.6 Å². The SMILES string of the molecule is CCN(CC)CCCCN(Cc1ccc2ccccc2c1)C(=O)c1sc2ccccc2c1Cl. The number of hydrogen-bond acceptors (Lipinski definition) is 3. The average Bonchev–Trinajstić information content (AvgIpc) is 3.19. The van der Waals surface area contributed by atoms with Gasteiger partial charge < -0.3 is 9.80 Å². The number of rotatable bonds is 10. The van der Waals surface area contributed by atoms with Gasteiger partial charge >= 0.3 is 0 Å². The molecule has 0 fully saturated rings. The van der Waals surface area contributed by atoms with Gasteiger partial charge in [-0.05, 0) is 60.9 Å². The highest BCUT2D eigenvalue weighted by molar-refractivity contribution is 7.21. The van der Waals surface area contributed by atoms with Gasteiger partial charge in [0.1, 0.15) is 4.88 Å². The summed E-state index contributed by atoms with van der Waals surface area (Å²) in [5.41, 5.74) is 1.14. The van der Waals surface area contributed by atoms with Crippen LogP contribution < -0.4 is 0 Å². The molecule has 33 heavy (non-hydrogen) atoms. The number of amides is 1. The van der Waals surface area contributed by atoms with E-state index >= 15 is 0 Å². The third kappa shape index (κ3) is 5.57. The van der Waals surface area contributed by atoms with Crippen LogP contribution in [0.3, 0.4) is 0 Å². The van der Waals surface area contributed by atoms with Crippen LogP contribution in [0.4, 0.5) is 0 Å². The molecule has 0 saturated heterocycles. The summed E-state index contributed by atoms with van der Waals surface area (Å²) in [4.78, 5) is 18.7. The van der Waals surface area contributed by atoms with Gasteiger partial charge in [-0.1, -0.05) is 80.0 Å². The number of carbonyl (C=O) groups excluding carboxylic acids is 1. The number of fused-ring (bicyclic) bond motifs is 2. The molecule has 3 aromatic carbocycles. The van der Waals surface area contributed by atoms with Gasteiger partial charge in [-0.3, -0.25) is 4.79 Å². The molecule has 0 N–H and O–H groups in total. The highest BCUT2D eigenvalue weighted by Crippen LogP contribution is 2.36. The largest absolute Gasteiger partial charge is 0.334 e. The Kier molecular flexibility index (Phi) is 8.02. The molecule has 0 aliphatic heterocycles. The molecule has 3 nitrogen and oxygen atoms in total. The first-order valence-corrected chi connectivity index (χ1v) is 13.0. The molecule has 0 atom stereocenters. The Bertz CT molecular complexity index is 1230. The van der Waals surface area contributed by atoms with Crippen molar-refractivity contribution in [3.8, 4) is 0 Å². The Morgan fingerprint density at radius 3 is 2.33 bits per heavy atom. The van der Waals surface area contributed by atoms with Crippen LogP contribution in [0, 0.1) is 0 Å². The lowest BCUT2D eigenvalue weighted by molar-refractivity contribution is 0.0744. The maximum absolute atomic E-state index is 13.7. The minimum Gasteiger partial charge on any atom is -0.334 e. The van der Waals surface area contributed by atoms with Crippen molar-refractivity contribution in [2.75, 3.05) is 26.2 Å². The number of benzene rings is 3. The Hall–Kier alpha value is -2.40. The Morgan fingerprint density at radius 2 is 1.58 bits per heavy atom. The summed E-state index contributed by atoms with van der Waals surface area (Å²) in [6, 6.07) is 22.8. The summed E-state index contributed by atoms with van der Waals surface area (Å²) in [5.74, 6) is 0.0252. The van der Waals surface area contributed by atoms with Crippen LogP contribution in [-0.4, -0.2) is 41.9 Å². The van der Waals surface area contributed by atoms with E-state index in [9.17, 15) is 4.79 Å². The normalized spacial score (nSPS) is 11.5. The van der Waals surface area contributed by atoms with Crippen molar-refractivity contribution >= 4 is 49.7 Å². The average molecular weight is 479 g/mol. The third-order valence-corrected chi connectivity index (χ3v) is 7.91. The molecular weight excluding hydrogens is 448 g/mol. The van der Waals surface area contributed by atoms with E-state index in [4.69, 9.17) is 11.6 Å². The van der Waals surface area contributed by atoms with Crippen molar-refractivity contribution in [2.45, 2.75) is 33.2 Å². The zero-order valence-electron chi connectivity index (χ0n) is 19.4. The van der Waals surface area contributed by atoms with Gasteiger partial charge in [0.25, 0.3) is 5.91 Å². The maximum Gasteiger partial charge on any atom is 0.265 e. The van der Waals surface area contributed by atoms with E-state index in [0.717, 1.165) is 54.7 Å². The first-order valence-electron chi connectivity index (χ1n) is 11.8. The van der Waals surface area contributed by atoms with Crippen LogP contribution >= 0.6 is 22.9 Å². The minimum absolute atomic E-state index is 0.0252. The van der Waals surface area contributed by atoms with Crippen LogP contribution in [0.5, 0.6) is 0 Å². The molecule has 0 unspecified atom stereocenters. The van der Waals surface area contributed by atoms with Crippen molar-refractivity contribution < 1.29 is 4.79 Å². The summed E-state index contributed by atoms with van der Waals surface area (Å²) in [6.07, 6.45) is 2.04. The van der Waals surface area contributed by atoms with E-state index in [1.54, 1.807) is 0 Å². The maximum atomic E-state index is 13.7. The van der Waals surface area contributed by atoms with Crippen LogP contribution in [0.1, 0.15) is 41.9 Å². The van der Waals surface area contributed by atoms with Gasteiger partial charge in [0.15, 0.2) is 0 Å². The van der Waals surface area contributed by atoms with Gasteiger partial charge in [-0.25, -0.2) is 0 Å². The number of carbonyl (C=O) groups is 1. The molecule has 0 radical (unpaired) electrons. The number of nitrogens with zero attached hydrogens (tertiary/aromatic N) is 2. The monoisotopic (exact) mass is 478 g/mol. The lowest BCUT2D eigenvalue weighted by Gasteiger charge is -2.24. The van der Waals surface area contributed by atoms with Crippen LogP contribution in [0.25, 0.3) is 20.9 Å². The second-order valence-corrected chi connectivity index (χ2v) is 9.81. The van der Waals surface area contributed by atoms with Crippen molar-refractivity contribution in [1.82, 2.24) is 9.80 Å². The zero-order valence-corrected chi connectivity index (χ0v) is 21.0. The second-order valence-electron chi connectivity index (χ2n) is 8.38. The number of thiophene rings is 1. The molecule has 5 heteroatoms. The van der Waals surface area contributed by atoms with Gasteiger partial charge in [0.2, 0.25) is 0 Å². The predicted molar refractivity (Wildman–Crippen MR) is 143 cm³/mol. The molecule has 4 rings (SSSR count). The lowest BCUT2D eigenvalue weighted by Crippen LogP contribution is -2.32. The van der Waals surface area contributed by atoms with Gasteiger partial charge in [-0.2, -0.15) is 0 Å². The Balaban J connectivity index is 1.56. The van der Waals surface area contributed by atoms with Crippen LogP contribution in [-0.2, 0) is 6.54 Å². The number of halogens is 1. The van der Waals surface area contributed by atoms with E-state index in [1.165, 1.54) is 22.1 Å². The molecular formula is C28H31ClN2OS. The van der Waals surface area contributed by atoms with Gasteiger partial charge in [-0.15, -0.1) is 11.3 Å². The molecule has 1 heterocycles. The van der Waals surface area contributed by atoms with Crippen LogP contribution in [0.15, 0.2) is 66.7 Å². The lowest BCUT2D eigenvalue weighted by atomic mass is 10.1. The van der Waals surface area contributed by atoms with E-state index < -0.39 is 0 Å². The fraction of sp³-hybridized carbons (Fsp3) is 0.321. The van der Waals surface area contributed by atoms with Gasteiger partial charge in [0, 0.05) is 23.2 Å². The molecule has 0 aliphatic carbocycles. The fourth-order valence-electron chi connectivity index (χ4n) is 4.28. The minimum atomic E-state index is 0.0252. The molecule has 0 spiro atoms. The third-order valence-electron chi connectivity index (χ3n) is 6.25. The quantitative estimate of drug-likeness (QED) is 0.221. The Labute approximate surface area is 205 Å². The van der Waals surface area contributed by atoms with Crippen molar-refractivity contribution in [3.63, 3.8) is 0 Å². The highest BCUT2D eigenvalue weighted by atomic mass is 35.5. The van der Waals surface area contributed by atoms with E-state index in [2.05, 4.69) is 61.2 Å². The molecule has 0 saturated carbocycles. The van der Waals surface area contributed by atoms with Gasteiger partial charge in [0.05, 0.1) is 5.02 Å². The molecule has 4 aromatic rings. The summed E-state index contributed by atoms with van der Waals surface area (Å²) < 4.78 is 1.05. The van der Waals surface area contributed by atoms with E-state index in [-0.39, 0.29) is 5.91 Å². The van der Waals surface area contributed by atoms with E-state index in [1.807, 2.05) is 29.2 Å². The smallest absolute Gasteiger partial charge is 0.265 e. The number of hydrogen-bond donors (Lipinski definition) is 0. The summed E-state index contributed by atoms with van der Waals surface area (Å²) in [6.45, 7) is 8.89. The molecule has 1 amide bonds. The van der Waals surface area contributed by atoms with Crippen molar-refractivity contribution in [2.24, 2.45) is 0 Å². The summed E-state index contributed by atoms with van der Waals surface area (Å²) in [7, 11) is 0. The highest BCUT2D eigenvalue weighted by Gasteiger charge is 2.23. The standard InChI is InChI=1S/C28H31ClN2OS/c1-3-30(4-2)17-9-10-18-31(20-21-15-16-22-11-5-6-12-23(22)19-21)28(32)27-26(29)24-13-7-8-14-25(24)33-27/h5-8,11-16,19H,3-4,9-10,17-18,20H2,1-2H3. The molecule has 1 aromatic heterocycles. The predicted octanol–water partition coefficient (Wildman–Crippen LogP) is 7.47. The first-order chi connectivity index (χ1) is 16.1. The molecule has 172 valence electrons. The molecule has 0 aliphatic rings. The fourth-order valence-corrected chi connectivity index (χ4v) is 5.76.